The zero-order valence-corrected chi connectivity index (χ0v) is 19.4. The fraction of sp³-hybridized carbons (Fsp3) is 0.500. The molecule has 1 aromatic heterocycles. The van der Waals surface area contributed by atoms with Crippen LogP contribution in [0.1, 0.15) is 18.7 Å². The number of para-hydroxylation sites is 1. The molecule has 0 radical (unpaired) electrons. The van der Waals surface area contributed by atoms with Gasteiger partial charge in [0.25, 0.3) is 10.0 Å². The molecule has 0 spiro atoms. The minimum absolute atomic E-state index is 0.0344. The second kappa shape index (κ2) is 9.99. The van der Waals surface area contributed by atoms with Crippen molar-refractivity contribution < 1.29 is 22.7 Å². The number of rotatable bonds is 8. The number of hydrogen-bond acceptors (Lipinski definition) is 6. The number of piperidine rings is 1. The Hall–Kier alpha value is -2.14. The number of aromatic nitrogens is 2. The first-order valence-electron chi connectivity index (χ1n) is 9.95. The summed E-state index contributed by atoms with van der Waals surface area (Å²) < 4.78 is 39.4. The summed E-state index contributed by atoms with van der Waals surface area (Å²) in [7, 11) is -0.356. The zero-order valence-electron chi connectivity index (χ0n) is 17.8. The van der Waals surface area contributed by atoms with Gasteiger partial charge in [-0.05, 0) is 31.9 Å². The van der Waals surface area contributed by atoms with Crippen LogP contribution in [0.3, 0.4) is 0 Å². The number of amides is 1. The van der Waals surface area contributed by atoms with Gasteiger partial charge in [0.05, 0.1) is 17.3 Å². The molecule has 1 aliphatic heterocycles. The van der Waals surface area contributed by atoms with Gasteiger partial charge in [0, 0.05) is 39.4 Å². The Morgan fingerprint density at radius 2 is 2.00 bits per heavy atom. The van der Waals surface area contributed by atoms with Gasteiger partial charge in [0.2, 0.25) is 5.91 Å². The summed E-state index contributed by atoms with van der Waals surface area (Å²) >= 11 is 6.22. The number of benzene rings is 1. The Bertz CT molecular complexity index is 1010. The molecule has 0 bridgehead atoms. The summed E-state index contributed by atoms with van der Waals surface area (Å²) in [6.07, 6.45) is 2.34. The summed E-state index contributed by atoms with van der Waals surface area (Å²) in [6, 6.07) is 5.13. The second-order valence-corrected chi connectivity index (χ2v) is 9.65. The standard InChI is InChI=1S/C20H27ClN4O5S/c1-14-22-18(13-24(14)2)31(27,28)25-9-7-15(8-10-25)20(26)23-17-6-4-5-16(21)19(17)30-12-11-29-3/h4-6,13,15H,7-12H2,1-3H3,(H,23,26). The van der Waals surface area contributed by atoms with E-state index in [9.17, 15) is 13.2 Å². The quantitative estimate of drug-likeness (QED) is 0.594. The average molecular weight is 471 g/mol. The molecule has 2 heterocycles. The first-order chi connectivity index (χ1) is 14.7. The predicted octanol–water partition coefficient (Wildman–Crippen LogP) is 2.45. The number of sulfonamides is 1. The minimum atomic E-state index is -3.68. The van der Waals surface area contributed by atoms with Gasteiger partial charge in [-0.2, -0.15) is 4.31 Å². The van der Waals surface area contributed by atoms with Gasteiger partial charge in [-0.15, -0.1) is 0 Å². The molecule has 170 valence electrons. The Morgan fingerprint density at radius 3 is 2.61 bits per heavy atom. The van der Waals surface area contributed by atoms with E-state index in [4.69, 9.17) is 21.1 Å². The van der Waals surface area contributed by atoms with Gasteiger partial charge >= 0.3 is 0 Å². The number of aryl methyl sites for hydroxylation is 2. The molecule has 1 fully saturated rings. The molecule has 1 aliphatic rings. The third-order valence-electron chi connectivity index (χ3n) is 5.27. The molecular formula is C20H27ClN4O5S. The van der Waals surface area contributed by atoms with E-state index in [0.29, 0.717) is 48.3 Å². The van der Waals surface area contributed by atoms with Gasteiger partial charge < -0.3 is 19.4 Å². The molecule has 0 saturated carbocycles. The van der Waals surface area contributed by atoms with Crippen molar-refractivity contribution in [1.29, 1.82) is 0 Å². The molecule has 9 nitrogen and oxygen atoms in total. The van der Waals surface area contributed by atoms with Gasteiger partial charge in [-0.1, -0.05) is 17.7 Å². The fourth-order valence-electron chi connectivity index (χ4n) is 3.36. The molecule has 11 heteroatoms. The minimum Gasteiger partial charge on any atom is -0.487 e. The molecule has 1 amide bonds. The number of imidazole rings is 1. The van der Waals surface area contributed by atoms with Gasteiger partial charge in [-0.25, -0.2) is 13.4 Å². The van der Waals surface area contributed by atoms with Crippen molar-refractivity contribution >= 4 is 33.2 Å². The maximum Gasteiger partial charge on any atom is 0.262 e. The molecular weight excluding hydrogens is 444 g/mol. The Kier molecular flexibility index (Phi) is 7.58. The number of anilines is 1. The molecule has 0 atom stereocenters. The summed E-state index contributed by atoms with van der Waals surface area (Å²) in [5, 5.41) is 3.29. The number of carbonyl (C=O) groups excluding carboxylic acids is 1. The highest BCUT2D eigenvalue weighted by atomic mass is 35.5. The van der Waals surface area contributed by atoms with Gasteiger partial charge in [0.15, 0.2) is 10.8 Å². The lowest BCUT2D eigenvalue weighted by Gasteiger charge is -2.30. The zero-order chi connectivity index (χ0) is 22.6. The summed E-state index contributed by atoms with van der Waals surface area (Å²) in [5.74, 6) is 0.505. The van der Waals surface area contributed by atoms with Crippen molar-refractivity contribution in [3.05, 3.63) is 35.2 Å². The van der Waals surface area contributed by atoms with Crippen molar-refractivity contribution in [2.45, 2.75) is 24.8 Å². The van der Waals surface area contributed by atoms with Gasteiger partial charge in [0.1, 0.15) is 12.4 Å². The highest BCUT2D eigenvalue weighted by Crippen LogP contribution is 2.34. The largest absolute Gasteiger partial charge is 0.487 e. The van der Waals surface area contributed by atoms with E-state index in [1.54, 1.807) is 43.8 Å². The first kappa shape index (κ1) is 23.5. The van der Waals surface area contributed by atoms with Crippen LogP contribution in [0.25, 0.3) is 0 Å². The van der Waals surface area contributed by atoms with Gasteiger partial charge in [-0.3, -0.25) is 4.79 Å². The summed E-state index contributed by atoms with van der Waals surface area (Å²) in [6.45, 7) is 2.94. The molecule has 1 N–H and O–H groups in total. The van der Waals surface area contributed by atoms with Crippen molar-refractivity contribution in [2.24, 2.45) is 13.0 Å². The first-order valence-corrected chi connectivity index (χ1v) is 11.8. The molecule has 1 aromatic carbocycles. The smallest absolute Gasteiger partial charge is 0.262 e. The van der Waals surface area contributed by atoms with E-state index in [0.717, 1.165) is 0 Å². The number of halogens is 1. The maximum absolute atomic E-state index is 12.8. The normalized spacial score (nSPS) is 15.7. The summed E-state index contributed by atoms with van der Waals surface area (Å²) in [4.78, 5) is 17.0. The van der Waals surface area contributed by atoms with Crippen LogP contribution in [0.2, 0.25) is 5.02 Å². The van der Waals surface area contributed by atoms with Crippen molar-refractivity contribution in [3.63, 3.8) is 0 Å². The van der Waals surface area contributed by atoms with Crippen LogP contribution in [-0.2, 0) is 26.6 Å². The topological polar surface area (TPSA) is 103 Å². The highest BCUT2D eigenvalue weighted by Gasteiger charge is 2.33. The highest BCUT2D eigenvalue weighted by molar-refractivity contribution is 7.89. The van der Waals surface area contributed by atoms with E-state index in [-0.39, 0.29) is 29.9 Å². The number of hydrogen-bond donors (Lipinski definition) is 1. The fourth-order valence-corrected chi connectivity index (χ4v) is 5.08. The maximum atomic E-state index is 12.8. The van der Waals surface area contributed by atoms with E-state index in [2.05, 4.69) is 10.3 Å². The predicted molar refractivity (Wildman–Crippen MR) is 117 cm³/mol. The van der Waals surface area contributed by atoms with Crippen LogP contribution in [0, 0.1) is 12.8 Å². The van der Waals surface area contributed by atoms with Crippen molar-refractivity contribution in [1.82, 2.24) is 13.9 Å². The molecule has 2 aromatic rings. The van der Waals surface area contributed by atoms with Crippen LogP contribution >= 0.6 is 11.6 Å². The van der Waals surface area contributed by atoms with Crippen LogP contribution in [0.5, 0.6) is 5.75 Å². The summed E-state index contributed by atoms with van der Waals surface area (Å²) in [5.41, 5.74) is 0.479. The van der Waals surface area contributed by atoms with Crippen molar-refractivity contribution in [2.75, 3.05) is 38.7 Å². The number of nitrogens with one attached hydrogen (secondary N) is 1. The molecule has 0 unspecified atom stereocenters. The molecule has 31 heavy (non-hydrogen) atoms. The van der Waals surface area contributed by atoms with Crippen molar-refractivity contribution in [3.8, 4) is 5.75 Å². The third kappa shape index (κ3) is 5.38. The lowest BCUT2D eigenvalue weighted by Crippen LogP contribution is -2.41. The van der Waals surface area contributed by atoms with E-state index >= 15 is 0 Å². The molecule has 0 aliphatic carbocycles. The molecule has 3 rings (SSSR count). The monoisotopic (exact) mass is 470 g/mol. The number of methoxy groups -OCH3 is 1. The lowest BCUT2D eigenvalue weighted by atomic mass is 9.97. The Balaban J connectivity index is 1.63. The van der Waals surface area contributed by atoms with Crippen LogP contribution in [-0.4, -0.2) is 61.6 Å². The Labute approximate surface area is 187 Å². The number of nitrogens with zero attached hydrogens (tertiary/aromatic N) is 3. The SMILES string of the molecule is COCCOc1c(Cl)cccc1NC(=O)C1CCN(S(=O)(=O)c2cn(C)c(C)n2)CC1. The van der Waals surface area contributed by atoms with Crippen LogP contribution in [0.4, 0.5) is 5.69 Å². The van der Waals surface area contributed by atoms with E-state index < -0.39 is 10.0 Å². The van der Waals surface area contributed by atoms with Crippen LogP contribution < -0.4 is 10.1 Å². The Morgan fingerprint density at radius 1 is 1.29 bits per heavy atom. The lowest BCUT2D eigenvalue weighted by molar-refractivity contribution is -0.120. The van der Waals surface area contributed by atoms with E-state index in [1.807, 2.05) is 0 Å². The third-order valence-corrected chi connectivity index (χ3v) is 7.34. The molecule has 1 saturated heterocycles. The van der Waals surface area contributed by atoms with Crippen LogP contribution in [0.15, 0.2) is 29.4 Å². The average Bonchev–Trinajstić information content (AvgIpc) is 3.09. The number of ether oxygens (including phenoxy) is 2. The number of carbonyl (C=O) groups is 1. The van der Waals surface area contributed by atoms with E-state index in [1.165, 1.54) is 10.5 Å². The second-order valence-electron chi connectivity index (χ2n) is 7.36.